The Morgan fingerprint density at radius 3 is 2.36 bits per heavy atom. The lowest BCUT2D eigenvalue weighted by Gasteiger charge is -2.33. The summed E-state index contributed by atoms with van der Waals surface area (Å²) in [6.07, 6.45) is 2.90. The number of hydrogen-bond acceptors (Lipinski definition) is 6. The van der Waals surface area contributed by atoms with Crippen LogP contribution in [-0.2, 0) is 16.1 Å². The van der Waals surface area contributed by atoms with Gasteiger partial charge in [-0.25, -0.2) is 14.2 Å². The number of benzene rings is 2. The SMILES string of the molecule is COC(=O)c1coc(CN2CCN(C(=O)C=C(c3ccccc3)c3ccc(F)cc3)CC2)n1. The highest BCUT2D eigenvalue weighted by Crippen LogP contribution is 2.24. The van der Waals surface area contributed by atoms with E-state index in [9.17, 15) is 14.0 Å². The maximum absolute atomic E-state index is 13.4. The first kappa shape index (κ1) is 22.4. The van der Waals surface area contributed by atoms with Crippen molar-refractivity contribution in [3.05, 3.63) is 95.5 Å². The van der Waals surface area contributed by atoms with Crippen LogP contribution in [0.1, 0.15) is 27.5 Å². The summed E-state index contributed by atoms with van der Waals surface area (Å²) in [6, 6.07) is 15.7. The van der Waals surface area contributed by atoms with E-state index in [2.05, 4.69) is 14.6 Å². The van der Waals surface area contributed by atoms with Gasteiger partial charge in [0.25, 0.3) is 0 Å². The van der Waals surface area contributed by atoms with Crippen molar-refractivity contribution in [1.82, 2.24) is 14.8 Å². The highest BCUT2D eigenvalue weighted by molar-refractivity contribution is 5.99. The quantitative estimate of drug-likeness (QED) is 0.424. The van der Waals surface area contributed by atoms with Crippen LogP contribution in [-0.4, -0.2) is 59.9 Å². The molecule has 0 saturated carbocycles. The Morgan fingerprint density at radius 2 is 1.70 bits per heavy atom. The number of carbonyl (C=O) groups excluding carboxylic acids is 2. The van der Waals surface area contributed by atoms with Crippen LogP contribution in [0.25, 0.3) is 5.57 Å². The molecule has 4 rings (SSSR count). The van der Waals surface area contributed by atoms with Crippen LogP contribution in [0.5, 0.6) is 0 Å². The van der Waals surface area contributed by atoms with Gasteiger partial charge in [0.2, 0.25) is 11.8 Å². The highest BCUT2D eigenvalue weighted by Gasteiger charge is 2.23. The predicted molar refractivity (Wildman–Crippen MR) is 120 cm³/mol. The van der Waals surface area contributed by atoms with E-state index < -0.39 is 5.97 Å². The Morgan fingerprint density at radius 1 is 1.03 bits per heavy atom. The molecular formula is C25H24FN3O4. The van der Waals surface area contributed by atoms with E-state index in [1.807, 2.05) is 30.3 Å². The van der Waals surface area contributed by atoms with Gasteiger partial charge in [-0.1, -0.05) is 42.5 Å². The summed E-state index contributed by atoms with van der Waals surface area (Å²) in [5, 5.41) is 0. The first-order valence-electron chi connectivity index (χ1n) is 10.6. The molecule has 7 nitrogen and oxygen atoms in total. The number of carbonyl (C=O) groups is 2. The summed E-state index contributed by atoms with van der Waals surface area (Å²) in [7, 11) is 1.29. The molecule has 33 heavy (non-hydrogen) atoms. The van der Waals surface area contributed by atoms with Crippen molar-refractivity contribution in [3.8, 4) is 0 Å². The molecule has 0 radical (unpaired) electrons. The number of esters is 1. The molecule has 170 valence electrons. The monoisotopic (exact) mass is 449 g/mol. The molecule has 1 aliphatic heterocycles. The fraction of sp³-hybridized carbons (Fsp3) is 0.240. The lowest BCUT2D eigenvalue weighted by molar-refractivity contribution is -0.127. The lowest BCUT2D eigenvalue weighted by atomic mass is 9.97. The molecule has 0 aliphatic carbocycles. The largest absolute Gasteiger partial charge is 0.464 e. The van der Waals surface area contributed by atoms with Gasteiger partial charge in [0.1, 0.15) is 12.1 Å². The molecular weight excluding hydrogens is 425 g/mol. The van der Waals surface area contributed by atoms with Crippen LogP contribution in [0.2, 0.25) is 0 Å². The molecule has 1 aromatic heterocycles. The minimum atomic E-state index is -0.539. The van der Waals surface area contributed by atoms with Crippen LogP contribution < -0.4 is 0 Å². The number of oxazole rings is 1. The van der Waals surface area contributed by atoms with Crippen molar-refractivity contribution in [2.75, 3.05) is 33.3 Å². The number of ether oxygens (including phenoxy) is 1. The van der Waals surface area contributed by atoms with Gasteiger partial charge < -0.3 is 14.1 Å². The normalized spacial score (nSPS) is 14.8. The summed E-state index contributed by atoms with van der Waals surface area (Å²) in [6.45, 7) is 2.83. The van der Waals surface area contributed by atoms with Gasteiger partial charge in [0.05, 0.1) is 13.7 Å². The second kappa shape index (κ2) is 10.2. The number of hydrogen-bond donors (Lipinski definition) is 0. The van der Waals surface area contributed by atoms with Gasteiger partial charge in [0, 0.05) is 32.3 Å². The molecule has 0 atom stereocenters. The van der Waals surface area contributed by atoms with Crippen molar-refractivity contribution in [3.63, 3.8) is 0 Å². The zero-order chi connectivity index (χ0) is 23.2. The first-order valence-corrected chi connectivity index (χ1v) is 10.6. The minimum absolute atomic E-state index is 0.0954. The average Bonchev–Trinajstić information content (AvgIpc) is 3.32. The summed E-state index contributed by atoms with van der Waals surface area (Å²) in [5.41, 5.74) is 2.56. The molecule has 0 N–H and O–H groups in total. The number of methoxy groups -OCH3 is 1. The Kier molecular flexibility index (Phi) is 6.95. The van der Waals surface area contributed by atoms with E-state index in [0.29, 0.717) is 38.6 Å². The molecule has 0 bridgehead atoms. The number of piperazine rings is 1. The van der Waals surface area contributed by atoms with E-state index in [-0.39, 0.29) is 17.4 Å². The van der Waals surface area contributed by atoms with E-state index in [1.54, 1.807) is 23.1 Å². The molecule has 1 amide bonds. The molecule has 0 spiro atoms. The molecule has 3 aromatic rings. The summed E-state index contributed by atoms with van der Waals surface area (Å²) in [5.74, 6) is -0.527. The third-order valence-corrected chi connectivity index (χ3v) is 5.50. The van der Waals surface area contributed by atoms with Crippen molar-refractivity contribution in [2.45, 2.75) is 6.54 Å². The Balaban J connectivity index is 1.42. The van der Waals surface area contributed by atoms with Crippen molar-refractivity contribution in [2.24, 2.45) is 0 Å². The van der Waals surface area contributed by atoms with Crippen LogP contribution in [0.15, 0.2) is 71.4 Å². The molecule has 1 fully saturated rings. The van der Waals surface area contributed by atoms with Crippen molar-refractivity contribution >= 4 is 17.4 Å². The van der Waals surface area contributed by atoms with Crippen LogP contribution in [0.3, 0.4) is 0 Å². The fourth-order valence-corrected chi connectivity index (χ4v) is 3.69. The van der Waals surface area contributed by atoms with Crippen LogP contribution >= 0.6 is 0 Å². The standard InChI is InChI=1S/C25H24FN3O4/c1-32-25(31)22-17-33-23(27-22)16-28-11-13-29(14-12-28)24(30)15-21(18-5-3-2-4-6-18)19-7-9-20(26)10-8-19/h2-10,15,17H,11-14,16H2,1H3. The topological polar surface area (TPSA) is 75.9 Å². The Bertz CT molecular complexity index is 1130. The fourth-order valence-electron chi connectivity index (χ4n) is 3.69. The van der Waals surface area contributed by atoms with Gasteiger partial charge in [-0.3, -0.25) is 9.69 Å². The zero-order valence-corrected chi connectivity index (χ0v) is 18.2. The summed E-state index contributed by atoms with van der Waals surface area (Å²) in [4.78, 5) is 32.6. The number of halogens is 1. The number of rotatable bonds is 6. The zero-order valence-electron chi connectivity index (χ0n) is 18.2. The minimum Gasteiger partial charge on any atom is -0.464 e. The van der Waals surface area contributed by atoms with Crippen LogP contribution in [0.4, 0.5) is 4.39 Å². The second-order valence-corrected chi connectivity index (χ2v) is 7.65. The second-order valence-electron chi connectivity index (χ2n) is 7.65. The maximum atomic E-state index is 13.4. The number of aromatic nitrogens is 1. The number of amides is 1. The average molecular weight is 449 g/mol. The first-order chi connectivity index (χ1) is 16.0. The third-order valence-electron chi connectivity index (χ3n) is 5.50. The van der Waals surface area contributed by atoms with Crippen molar-refractivity contribution in [1.29, 1.82) is 0 Å². The molecule has 1 aliphatic rings. The molecule has 0 unspecified atom stereocenters. The molecule has 2 aromatic carbocycles. The number of nitrogens with zero attached hydrogens (tertiary/aromatic N) is 3. The third kappa shape index (κ3) is 5.53. The summed E-state index contributed by atoms with van der Waals surface area (Å²) >= 11 is 0. The summed E-state index contributed by atoms with van der Waals surface area (Å²) < 4.78 is 23.4. The van der Waals surface area contributed by atoms with Crippen molar-refractivity contribution < 1.29 is 23.1 Å². The maximum Gasteiger partial charge on any atom is 0.360 e. The van der Waals surface area contributed by atoms with Gasteiger partial charge in [-0.2, -0.15) is 0 Å². The molecule has 2 heterocycles. The lowest BCUT2D eigenvalue weighted by Crippen LogP contribution is -2.47. The van der Waals surface area contributed by atoms with Gasteiger partial charge in [-0.15, -0.1) is 0 Å². The smallest absolute Gasteiger partial charge is 0.360 e. The Labute approximate surface area is 191 Å². The molecule has 1 saturated heterocycles. The highest BCUT2D eigenvalue weighted by atomic mass is 19.1. The van der Waals surface area contributed by atoms with Crippen LogP contribution in [0, 0.1) is 5.82 Å². The predicted octanol–water partition coefficient (Wildman–Crippen LogP) is 3.38. The van der Waals surface area contributed by atoms with E-state index >= 15 is 0 Å². The Hall–Kier alpha value is -3.78. The van der Waals surface area contributed by atoms with E-state index in [4.69, 9.17) is 4.42 Å². The van der Waals surface area contributed by atoms with E-state index in [0.717, 1.165) is 16.7 Å². The van der Waals surface area contributed by atoms with Gasteiger partial charge in [-0.05, 0) is 28.8 Å². The molecule has 8 heteroatoms. The van der Waals surface area contributed by atoms with E-state index in [1.165, 1.54) is 25.5 Å². The van der Waals surface area contributed by atoms with Gasteiger partial charge >= 0.3 is 5.97 Å². The van der Waals surface area contributed by atoms with Gasteiger partial charge in [0.15, 0.2) is 5.69 Å².